The number of methoxy groups -OCH3 is 1. The van der Waals surface area contributed by atoms with Gasteiger partial charge in [0.15, 0.2) is 0 Å². The van der Waals surface area contributed by atoms with Crippen molar-refractivity contribution < 1.29 is 19.7 Å². The number of carbonyl (C=O) groups excluding carboxylic acids is 1. The van der Waals surface area contributed by atoms with E-state index in [2.05, 4.69) is 15.0 Å². The predicted octanol–water partition coefficient (Wildman–Crippen LogP) is 0.0234. The lowest BCUT2D eigenvalue weighted by atomic mass is 10.1. The monoisotopic (exact) mass is 240 g/mol. The molecule has 0 saturated heterocycles. The fourth-order valence-electron chi connectivity index (χ4n) is 1.18. The summed E-state index contributed by atoms with van der Waals surface area (Å²) in [6, 6.07) is 3.02. The molecular weight excluding hydrogens is 224 g/mol. The van der Waals surface area contributed by atoms with Crippen molar-refractivity contribution in [1.82, 2.24) is 4.98 Å². The Hall–Kier alpha value is -1.66. The lowest BCUT2D eigenvalue weighted by Gasteiger charge is -2.26. The van der Waals surface area contributed by atoms with Gasteiger partial charge in [0.1, 0.15) is 5.82 Å². The zero-order chi connectivity index (χ0) is 12.9. The summed E-state index contributed by atoms with van der Waals surface area (Å²) >= 11 is 0. The molecular formula is C11H16N2O4. The summed E-state index contributed by atoms with van der Waals surface area (Å²) in [7, 11) is 1.29. The van der Waals surface area contributed by atoms with E-state index in [0.717, 1.165) is 0 Å². The Labute approximate surface area is 99.3 Å². The van der Waals surface area contributed by atoms with Gasteiger partial charge in [-0.3, -0.25) is 0 Å². The lowest BCUT2D eigenvalue weighted by Crippen LogP contribution is -2.42. The van der Waals surface area contributed by atoms with Crippen LogP contribution in [-0.2, 0) is 4.74 Å². The van der Waals surface area contributed by atoms with Gasteiger partial charge >= 0.3 is 5.97 Å². The van der Waals surface area contributed by atoms with Crippen LogP contribution in [0.25, 0.3) is 0 Å². The van der Waals surface area contributed by atoms with E-state index in [1.807, 2.05) is 0 Å². The van der Waals surface area contributed by atoms with Gasteiger partial charge < -0.3 is 20.3 Å². The molecule has 0 bridgehead atoms. The number of aliphatic hydroxyl groups is 2. The molecule has 0 aliphatic heterocycles. The highest BCUT2D eigenvalue weighted by atomic mass is 16.5. The van der Waals surface area contributed by atoms with Gasteiger partial charge in [0.2, 0.25) is 0 Å². The SMILES string of the molecule is COC(=O)c1ccnc(NC(C)(CO)CO)c1. The number of nitrogens with one attached hydrogen (secondary N) is 1. The molecule has 6 nitrogen and oxygen atoms in total. The maximum Gasteiger partial charge on any atom is 0.338 e. The highest BCUT2D eigenvalue weighted by Gasteiger charge is 2.22. The molecule has 0 saturated carbocycles. The third-order valence-corrected chi connectivity index (χ3v) is 2.31. The van der Waals surface area contributed by atoms with Gasteiger partial charge in [0.05, 0.1) is 31.4 Å². The first-order valence-electron chi connectivity index (χ1n) is 5.09. The van der Waals surface area contributed by atoms with Crippen molar-refractivity contribution in [2.45, 2.75) is 12.5 Å². The Morgan fingerprint density at radius 3 is 2.71 bits per heavy atom. The van der Waals surface area contributed by atoms with Gasteiger partial charge in [-0.05, 0) is 19.1 Å². The minimum atomic E-state index is -0.887. The number of aliphatic hydroxyl groups excluding tert-OH is 2. The summed E-state index contributed by atoms with van der Waals surface area (Å²) in [6.07, 6.45) is 1.45. The average Bonchev–Trinajstić information content (AvgIpc) is 2.38. The van der Waals surface area contributed by atoms with Crippen LogP contribution in [-0.4, -0.2) is 47.0 Å². The minimum Gasteiger partial charge on any atom is -0.465 e. The second-order valence-corrected chi connectivity index (χ2v) is 3.92. The normalized spacial score (nSPS) is 11.1. The molecule has 1 heterocycles. The fourth-order valence-corrected chi connectivity index (χ4v) is 1.18. The minimum absolute atomic E-state index is 0.256. The van der Waals surface area contributed by atoms with Crippen LogP contribution in [0.3, 0.4) is 0 Å². The number of esters is 1. The van der Waals surface area contributed by atoms with Crippen LogP contribution in [0.5, 0.6) is 0 Å². The van der Waals surface area contributed by atoms with Crippen LogP contribution >= 0.6 is 0 Å². The molecule has 0 aliphatic carbocycles. The topological polar surface area (TPSA) is 91.7 Å². The van der Waals surface area contributed by atoms with Gasteiger partial charge in [0.25, 0.3) is 0 Å². The van der Waals surface area contributed by atoms with Crippen molar-refractivity contribution in [3.8, 4) is 0 Å². The van der Waals surface area contributed by atoms with E-state index < -0.39 is 11.5 Å². The molecule has 1 aromatic rings. The van der Waals surface area contributed by atoms with E-state index in [4.69, 9.17) is 10.2 Å². The van der Waals surface area contributed by atoms with E-state index in [9.17, 15) is 4.79 Å². The first-order chi connectivity index (χ1) is 8.04. The molecule has 0 spiro atoms. The number of rotatable bonds is 5. The quantitative estimate of drug-likeness (QED) is 0.629. The molecule has 0 fully saturated rings. The molecule has 1 aromatic heterocycles. The second kappa shape index (κ2) is 5.60. The summed E-state index contributed by atoms with van der Waals surface area (Å²) in [6.45, 7) is 1.13. The fraction of sp³-hybridized carbons (Fsp3) is 0.455. The van der Waals surface area contributed by atoms with Gasteiger partial charge in [-0.1, -0.05) is 0 Å². The Bertz CT molecular complexity index is 391. The summed E-state index contributed by atoms with van der Waals surface area (Å²) in [5, 5.41) is 21.1. The molecule has 17 heavy (non-hydrogen) atoms. The second-order valence-electron chi connectivity index (χ2n) is 3.92. The lowest BCUT2D eigenvalue weighted by molar-refractivity contribution is 0.0600. The molecule has 94 valence electrons. The zero-order valence-corrected chi connectivity index (χ0v) is 9.80. The summed E-state index contributed by atoms with van der Waals surface area (Å²) < 4.78 is 4.58. The number of anilines is 1. The van der Waals surface area contributed by atoms with Crippen molar-refractivity contribution in [2.24, 2.45) is 0 Å². The van der Waals surface area contributed by atoms with E-state index in [0.29, 0.717) is 11.4 Å². The van der Waals surface area contributed by atoms with Crippen molar-refractivity contribution in [3.63, 3.8) is 0 Å². The third-order valence-electron chi connectivity index (χ3n) is 2.31. The van der Waals surface area contributed by atoms with Gasteiger partial charge in [0, 0.05) is 6.20 Å². The highest BCUT2D eigenvalue weighted by molar-refractivity contribution is 5.90. The highest BCUT2D eigenvalue weighted by Crippen LogP contribution is 2.14. The Kier molecular flexibility index (Phi) is 4.42. The van der Waals surface area contributed by atoms with Crippen LogP contribution in [0.2, 0.25) is 0 Å². The van der Waals surface area contributed by atoms with Crippen LogP contribution in [0, 0.1) is 0 Å². The summed E-state index contributed by atoms with van der Waals surface area (Å²) in [5.41, 5.74) is -0.537. The summed E-state index contributed by atoms with van der Waals surface area (Å²) in [4.78, 5) is 15.3. The number of ether oxygens (including phenoxy) is 1. The Morgan fingerprint density at radius 1 is 1.53 bits per heavy atom. The molecule has 0 amide bonds. The van der Waals surface area contributed by atoms with Crippen LogP contribution in [0.1, 0.15) is 17.3 Å². The van der Waals surface area contributed by atoms with E-state index in [1.54, 1.807) is 6.92 Å². The van der Waals surface area contributed by atoms with Crippen LogP contribution < -0.4 is 5.32 Å². The molecule has 0 aliphatic rings. The first-order valence-corrected chi connectivity index (χ1v) is 5.09. The maximum absolute atomic E-state index is 11.3. The molecule has 6 heteroatoms. The Balaban J connectivity index is 2.89. The van der Waals surface area contributed by atoms with Gasteiger partial charge in [-0.15, -0.1) is 0 Å². The molecule has 0 aromatic carbocycles. The van der Waals surface area contributed by atoms with Crippen molar-refractivity contribution in [3.05, 3.63) is 23.9 Å². The number of hydrogen-bond donors (Lipinski definition) is 3. The van der Waals surface area contributed by atoms with E-state index in [-0.39, 0.29) is 13.2 Å². The number of nitrogens with zero attached hydrogens (tertiary/aromatic N) is 1. The molecule has 0 radical (unpaired) electrons. The van der Waals surface area contributed by atoms with Gasteiger partial charge in [-0.2, -0.15) is 0 Å². The molecule has 0 unspecified atom stereocenters. The average molecular weight is 240 g/mol. The zero-order valence-electron chi connectivity index (χ0n) is 9.80. The Morgan fingerprint density at radius 2 is 2.18 bits per heavy atom. The predicted molar refractivity (Wildman–Crippen MR) is 61.8 cm³/mol. The van der Waals surface area contributed by atoms with Crippen molar-refractivity contribution in [1.29, 1.82) is 0 Å². The largest absolute Gasteiger partial charge is 0.465 e. The standard InChI is InChI=1S/C11H16N2O4/c1-11(6-14,7-15)13-9-5-8(3-4-12-9)10(16)17-2/h3-5,14-15H,6-7H2,1-2H3,(H,12,13). The van der Waals surface area contributed by atoms with Crippen LogP contribution in [0.15, 0.2) is 18.3 Å². The van der Waals surface area contributed by atoms with Crippen molar-refractivity contribution in [2.75, 3.05) is 25.6 Å². The van der Waals surface area contributed by atoms with Gasteiger partial charge in [-0.25, -0.2) is 9.78 Å². The first kappa shape index (κ1) is 13.4. The molecule has 3 N–H and O–H groups in total. The van der Waals surface area contributed by atoms with E-state index >= 15 is 0 Å². The molecule has 1 rings (SSSR count). The maximum atomic E-state index is 11.3. The third kappa shape index (κ3) is 3.40. The number of aromatic nitrogens is 1. The molecule has 0 atom stereocenters. The van der Waals surface area contributed by atoms with Crippen molar-refractivity contribution >= 4 is 11.8 Å². The van der Waals surface area contributed by atoms with Crippen LogP contribution in [0.4, 0.5) is 5.82 Å². The number of pyridine rings is 1. The smallest absolute Gasteiger partial charge is 0.338 e. The van der Waals surface area contributed by atoms with E-state index in [1.165, 1.54) is 25.4 Å². The number of hydrogen-bond acceptors (Lipinski definition) is 6. The summed E-state index contributed by atoms with van der Waals surface area (Å²) in [5.74, 6) is -0.0800. The number of carbonyl (C=O) groups is 1.